The monoisotopic (exact) mass is 394 g/mol. The summed E-state index contributed by atoms with van der Waals surface area (Å²) in [5.74, 6) is 0.139. The van der Waals surface area contributed by atoms with Crippen molar-refractivity contribution in [3.63, 3.8) is 0 Å². The van der Waals surface area contributed by atoms with Crippen LogP contribution in [0.15, 0.2) is 53.9 Å². The number of nitrogens with one attached hydrogen (secondary N) is 1. The number of benzene rings is 1. The van der Waals surface area contributed by atoms with E-state index in [0.717, 1.165) is 49.1 Å². The number of hydrogen-bond acceptors (Lipinski definition) is 4. The minimum absolute atomic E-state index is 0.0313. The Morgan fingerprint density at radius 2 is 2.04 bits per heavy atom. The van der Waals surface area contributed by atoms with Crippen molar-refractivity contribution in [3.8, 4) is 0 Å². The van der Waals surface area contributed by atoms with Gasteiger partial charge in [0.2, 0.25) is 0 Å². The molecule has 2 aromatic heterocycles. The Morgan fingerprint density at radius 1 is 1.19 bits per heavy atom. The van der Waals surface area contributed by atoms with Crippen LogP contribution < -0.4 is 5.32 Å². The van der Waals surface area contributed by atoms with E-state index in [9.17, 15) is 4.79 Å². The Kier molecular flexibility index (Phi) is 3.72. The van der Waals surface area contributed by atoms with E-state index >= 15 is 0 Å². The molecular formula is C22H19ClN2OS. The van der Waals surface area contributed by atoms with E-state index in [-0.39, 0.29) is 17.1 Å². The molecule has 3 nitrogen and oxygen atoms in total. The lowest BCUT2D eigenvalue weighted by atomic mass is 9.69. The normalized spacial score (nSPS) is 21.0. The van der Waals surface area contributed by atoms with Gasteiger partial charge in [-0.15, -0.1) is 11.3 Å². The smallest absolute Gasteiger partial charge is 0.162 e. The van der Waals surface area contributed by atoms with Crippen molar-refractivity contribution in [1.29, 1.82) is 0 Å². The number of carbonyl (C=O) groups is 1. The Balaban J connectivity index is 1.82. The number of anilines is 1. The molecule has 0 saturated heterocycles. The molecule has 0 amide bonds. The fourth-order valence-electron chi connectivity index (χ4n) is 4.45. The standard InChI is InChI=1S/C22H19ClN2OS/c1-22(2)10-15-20(16(26)11-22)21(17-7-8-18(23)27-17)19-12-4-3-9-24-13(12)5-6-14(19)25-15/h3-9,21,25H,10-11H2,1-2H3. The Labute approximate surface area is 167 Å². The number of pyridine rings is 1. The zero-order valence-corrected chi connectivity index (χ0v) is 16.7. The van der Waals surface area contributed by atoms with Gasteiger partial charge in [0, 0.05) is 39.8 Å². The van der Waals surface area contributed by atoms with Crippen LogP contribution in [0.5, 0.6) is 0 Å². The number of nitrogens with zero attached hydrogens (tertiary/aromatic N) is 1. The van der Waals surface area contributed by atoms with Gasteiger partial charge in [0.05, 0.1) is 15.8 Å². The number of ketones is 1. The molecule has 3 aromatic rings. The predicted molar refractivity (Wildman–Crippen MR) is 112 cm³/mol. The number of Topliss-reactive ketones (excluding diaryl/α,β-unsaturated/α-hetero) is 1. The maximum absolute atomic E-state index is 13.2. The third-order valence-corrected chi connectivity index (χ3v) is 6.78. The van der Waals surface area contributed by atoms with Crippen LogP contribution in [0.1, 0.15) is 43.0 Å². The molecule has 0 spiro atoms. The van der Waals surface area contributed by atoms with E-state index in [1.54, 1.807) is 17.5 Å². The summed E-state index contributed by atoms with van der Waals surface area (Å²) in [6, 6.07) is 12.2. The van der Waals surface area contributed by atoms with Gasteiger partial charge >= 0.3 is 0 Å². The molecular weight excluding hydrogens is 376 g/mol. The van der Waals surface area contributed by atoms with Gasteiger partial charge in [0.15, 0.2) is 5.78 Å². The van der Waals surface area contributed by atoms with Crippen molar-refractivity contribution >= 4 is 45.3 Å². The maximum Gasteiger partial charge on any atom is 0.162 e. The maximum atomic E-state index is 13.2. The Hall–Kier alpha value is -2.17. The van der Waals surface area contributed by atoms with Crippen molar-refractivity contribution in [3.05, 3.63) is 68.6 Å². The lowest BCUT2D eigenvalue weighted by molar-refractivity contribution is -0.118. The van der Waals surface area contributed by atoms with Gasteiger partial charge in [-0.3, -0.25) is 9.78 Å². The summed E-state index contributed by atoms with van der Waals surface area (Å²) in [5.41, 5.74) is 5.06. The van der Waals surface area contributed by atoms with Crippen LogP contribution in [0.3, 0.4) is 0 Å². The second-order valence-electron chi connectivity index (χ2n) is 8.13. The molecule has 27 heavy (non-hydrogen) atoms. The van der Waals surface area contributed by atoms with Crippen LogP contribution in [0.2, 0.25) is 4.34 Å². The van der Waals surface area contributed by atoms with Crippen LogP contribution in [-0.4, -0.2) is 10.8 Å². The zero-order valence-electron chi connectivity index (χ0n) is 15.2. The van der Waals surface area contributed by atoms with Crippen LogP contribution in [-0.2, 0) is 4.79 Å². The topological polar surface area (TPSA) is 42.0 Å². The molecule has 136 valence electrons. The first-order valence-electron chi connectivity index (χ1n) is 9.09. The number of thiophene rings is 1. The predicted octanol–water partition coefficient (Wildman–Crippen LogP) is 6.15. The number of allylic oxidation sites excluding steroid dienone is 2. The molecule has 0 radical (unpaired) electrons. The number of carbonyl (C=O) groups excluding carboxylic acids is 1. The molecule has 5 rings (SSSR count). The van der Waals surface area contributed by atoms with Crippen LogP contribution in [0, 0.1) is 5.41 Å². The van der Waals surface area contributed by atoms with Gasteiger partial charge < -0.3 is 5.32 Å². The van der Waals surface area contributed by atoms with Gasteiger partial charge in [-0.2, -0.15) is 0 Å². The Morgan fingerprint density at radius 3 is 2.81 bits per heavy atom. The summed E-state index contributed by atoms with van der Waals surface area (Å²) in [6.07, 6.45) is 3.25. The van der Waals surface area contributed by atoms with E-state index in [1.807, 2.05) is 18.2 Å². The summed E-state index contributed by atoms with van der Waals surface area (Å²) < 4.78 is 0.745. The number of hydrogen-bond donors (Lipinski definition) is 1. The molecule has 1 aromatic carbocycles. The van der Waals surface area contributed by atoms with Gasteiger partial charge in [0.25, 0.3) is 0 Å². The minimum Gasteiger partial charge on any atom is -0.358 e. The molecule has 1 N–H and O–H groups in total. The molecule has 1 aliphatic carbocycles. The van der Waals surface area contributed by atoms with Crippen LogP contribution >= 0.6 is 22.9 Å². The molecule has 0 bridgehead atoms. The van der Waals surface area contributed by atoms with Crippen LogP contribution in [0.4, 0.5) is 5.69 Å². The molecule has 1 aliphatic heterocycles. The summed E-state index contributed by atoms with van der Waals surface area (Å²) in [7, 11) is 0. The third-order valence-electron chi connectivity index (χ3n) is 5.49. The van der Waals surface area contributed by atoms with Crippen molar-refractivity contribution in [1.82, 2.24) is 4.98 Å². The highest BCUT2D eigenvalue weighted by atomic mass is 35.5. The quantitative estimate of drug-likeness (QED) is 0.538. The van der Waals surface area contributed by atoms with Crippen molar-refractivity contribution in [2.24, 2.45) is 5.41 Å². The number of halogens is 1. The van der Waals surface area contributed by atoms with Gasteiger partial charge in [-0.25, -0.2) is 0 Å². The molecule has 1 atom stereocenters. The number of fused-ring (bicyclic) bond motifs is 3. The largest absolute Gasteiger partial charge is 0.358 e. The molecule has 0 fully saturated rings. The molecule has 0 saturated carbocycles. The molecule has 5 heteroatoms. The SMILES string of the molecule is CC1(C)CC(=O)C2=C(C1)Nc1ccc3ncccc3c1C2c1ccc(Cl)s1. The van der Waals surface area contributed by atoms with E-state index in [4.69, 9.17) is 11.6 Å². The van der Waals surface area contributed by atoms with Gasteiger partial charge in [-0.05, 0) is 47.7 Å². The molecule has 1 unspecified atom stereocenters. The van der Waals surface area contributed by atoms with Crippen molar-refractivity contribution in [2.75, 3.05) is 5.32 Å². The van der Waals surface area contributed by atoms with E-state index < -0.39 is 0 Å². The highest BCUT2D eigenvalue weighted by molar-refractivity contribution is 7.16. The number of rotatable bonds is 1. The fourth-order valence-corrected chi connectivity index (χ4v) is 5.63. The average Bonchev–Trinajstić information content (AvgIpc) is 3.04. The first-order chi connectivity index (χ1) is 12.9. The van der Waals surface area contributed by atoms with Crippen molar-refractivity contribution in [2.45, 2.75) is 32.6 Å². The third kappa shape index (κ3) is 2.70. The summed E-state index contributed by atoms with van der Waals surface area (Å²) in [4.78, 5) is 18.9. The van der Waals surface area contributed by atoms with Gasteiger partial charge in [-0.1, -0.05) is 31.5 Å². The molecule has 2 aliphatic rings. The summed E-state index contributed by atoms with van der Waals surface area (Å²) >= 11 is 7.83. The van der Waals surface area contributed by atoms with E-state index in [2.05, 4.69) is 42.3 Å². The Bertz CT molecular complexity index is 1130. The highest BCUT2D eigenvalue weighted by Crippen LogP contribution is 2.52. The lowest BCUT2D eigenvalue weighted by Crippen LogP contribution is -2.33. The first-order valence-corrected chi connectivity index (χ1v) is 10.3. The lowest BCUT2D eigenvalue weighted by Gasteiger charge is -2.39. The number of aromatic nitrogens is 1. The summed E-state index contributed by atoms with van der Waals surface area (Å²) in [6.45, 7) is 4.32. The van der Waals surface area contributed by atoms with Crippen LogP contribution in [0.25, 0.3) is 10.9 Å². The average molecular weight is 395 g/mol. The fraction of sp³-hybridized carbons (Fsp3) is 0.273. The highest BCUT2D eigenvalue weighted by Gasteiger charge is 2.41. The second kappa shape index (κ2) is 5.91. The second-order valence-corrected chi connectivity index (χ2v) is 9.88. The minimum atomic E-state index is -0.0924. The zero-order chi connectivity index (χ0) is 18.8. The first kappa shape index (κ1) is 17.0. The summed E-state index contributed by atoms with van der Waals surface area (Å²) in [5, 5.41) is 4.67. The van der Waals surface area contributed by atoms with E-state index in [1.165, 1.54) is 0 Å². The van der Waals surface area contributed by atoms with Gasteiger partial charge in [0.1, 0.15) is 0 Å². The molecule has 3 heterocycles. The van der Waals surface area contributed by atoms with Crippen molar-refractivity contribution < 1.29 is 4.79 Å². The van der Waals surface area contributed by atoms with E-state index in [0.29, 0.717) is 6.42 Å².